The highest BCUT2D eigenvalue weighted by Crippen LogP contribution is 2.21. The van der Waals surface area contributed by atoms with Gasteiger partial charge in [-0.05, 0) is 31.0 Å². The van der Waals surface area contributed by atoms with E-state index in [9.17, 15) is 4.79 Å². The number of amides is 1. The van der Waals surface area contributed by atoms with Crippen LogP contribution in [-0.4, -0.2) is 16.9 Å². The average molecular weight is 246 g/mol. The number of aromatic nitrogens is 1. The van der Waals surface area contributed by atoms with Gasteiger partial charge in [0.1, 0.15) is 0 Å². The molecule has 1 aliphatic carbocycles. The number of rotatable bonds is 2. The second-order valence-electron chi connectivity index (χ2n) is 4.49. The first-order chi connectivity index (χ1) is 8.33. The molecule has 1 heterocycles. The number of nitrogens with zero attached hydrogens (tertiary/aromatic N) is 1. The van der Waals surface area contributed by atoms with Gasteiger partial charge in [0.05, 0.1) is 15.7 Å². The minimum absolute atomic E-state index is 0.0483. The highest BCUT2D eigenvalue weighted by atomic mass is 32.1. The predicted octanol–water partition coefficient (Wildman–Crippen LogP) is 2.97. The highest BCUT2D eigenvalue weighted by molar-refractivity contribution is 7.16. The zero-order chi connectivity index (χ0) is 11.7. The number of hydrogen-bond donors (Lipinski definition) is 1. The Morgan fingerprint density at radius 3 is 3.00 bits per heavy atom. The molecule has 3 rings (SSSR count). The molecule has 1 aliphatic rings. The number of hydrogen-bond acceptors (Lipinski definition) is 3. The molecule has 1 amide bonds. The van der Waals surface area contributed by atoms with Gasteiger partial charge in [-0.15, -0.1) is 11.3 Å². The first kappa shape index (κ1) is 10.7. The van der Waals surface area contributed by atoms with Crippen molar-refractivity contribution in [2.45, 2.75) is 31.7 Å². The summed E-state index contributed by atoms with van der Waals surface area (Å²) in [5.41, 5.74) is 3.52. The fraction of sp³-hybridized carbons (Fsp3) is 0.385. The number of fused-ring (bicyclic) bond motifs is 1. The summed E-state index contributed by atoms with van der Waals surface area (Å²) >= 11 is 1.57. The van der Waals surface area contributed by atoms with Crippen molar-refractivity contribution >= 4 is 27.5 Å². The van der Waals surface area contributed by atoms with Gasteiger partial charge in [0.25, 0.3) is 5.91 Å². The molecule has 1 N–H and O–H groups in total. The molecule has 0 saturated heterocycles. The quantitative estimate of drug-likeness (QED) is 0.885. The standard InChI is InChI=1S/C13H14N2OS/c16-13(15-10-3-1-2-4-10)9-5-6-11-12(7-9)17-8-14-11/h5-8,10H,1-4H2,(H,15,16). The van der Waals surface area contributed by atoms with Crippen LogP contribution in [0.5, 0.6) is 0 Å². The van der Waals surface area contributed by atoms with Crippen LogP contribution in [0.4, 0.5) is 0 Å². The smallest absolute Gasteiger partial charge is 0.251 e. The molecular formula is C13H14N2OS. The third-order valence-electron chi connectivity index (χ3n) is 3.28. The van der Waals surface area contributed by atoms with Crippen LogP contribution in [0, 0.1) is 0 Å². The molecule has 0 bridgehead atoms. The Morgan fingerprint density at radius 2 is 2.18 bits per heavy atom. The number of carbonyl (C=O) groups excluding carboxylic acids is 1. The van der Waals surface area contributed by atoms with Gasteiger partial charge in [0, 0.05) is 11.6 Å². The molecule has 0 radical (unpaired) electrons. The van der Waals surface area contributed by atoms with Crippen molar-refractivity contribution in [1.82, 2.24) is 10.3 Å². The topological polar surface area (TPSA) is 42.0 Å². The van der Waals surface area contributed by atoms with Crippen LogP contribution < -0.4 is 5.32 Å². The zero-order valence-electron chi connectivity index (χ0n) is 9.48. The summed E-state index contributed by atoms with van der Waals surface area (Å²) in [5.74, 6) is 0.0483. The maximum absolute atomic E-state index is 12.0. The number of benzene rings is 1. The van der Waals surface area contributed by atoms with Gasteiger partial charge in [0.15, 0.2) is 0 Å². The van der Waals surface area contributed by atoms with E-state index in [-0.39, 0.29) is 5.91 Å². The fourth-order valence-electron chi connectivity index (χ4n) is 2.34. The summed E-state index contributed by atoms with van der Waals surface area (Å²) in [4.78, 5) is 16.2. The van der Waals surface area contributed by atoms with Crippen molar-refractivity contribution < 1.29 is 4.79 Å². The van der Waals surface area contributed by atoms with Gasteiger partial charge in [-0.3, -0.25) is 4.79 Å². The summed E-state index contributed by atoms with van der Waals surface area (Å²) in [6.07, 6.45) is 4.71. The maximum atomic E-state index is 12.0. The minimum atomic E-state index is 0.0483. The van der Waals surface area contributed by atoms with Gasteiger partial charge >= 0.3 is 0 Å². The van der Waals surface area contributed by atoms with Crippen LogP contribution in [0.3, 0.4) is 0 Å². The Balaban J connectivity index is 1.79. The SMILES string of the molecule is O=C(NC1CCCC1)c1ccc2ncsc2c1. The van der Waals surface area contributed by atoms with Crippen LogP contribution in [0.25, 0.3) is 10.2 Å². The predicted molar refractivity (Wildman–Crippen MR) is 69.3 cm³/mol. The van der Waals surface area contributed by atoms with Crippen molar-refractivity contribution in [3.05, 3.63) is 29.3 Å². The van der Waals surface area contributed by atoms with Crippen molar-refractivity contribution in [2.75, 3.05) is 0 Å². The van der Waals surface area contributed by atoms with E-state index in [4.69, 9.17) is 0 Å². The molecule has 4 heteroatoms. The highest BCUT2D eigenvalue weighted by Gasteiger charge is 2.18. The lowest BCUT2D eigenvalue weighted by molar-refractivity contribution is 0.0938. The molecule has 0 unspecified atom stereocenters. The van der Waals surface area contributed by atoms with Crippen molar-refractivity contribution in [3.63, 3.8) is 0 Å². The van der Waals surface area contributed by atoms with E-state index < -0.39 is 0 Å². The lowest BCUT2D eigenvalue weighted by Crippen LogP contribution is -2.32. The lowest BCUT2D eigenvalue weighted by Gasteiger charge is -2.11. The molecule has 17 heavy (non-hydrogen) atoms. The second kappa shape index (κ2) is 4.45. The Kier molecular flexibility index (Phi) is 2.81. The van der Waals surface area contributed by atoms with Crippen LogP contribution in [0.1, 0.15) is 36.0 Å². The van der Waals surface area contributed by atoms with Crippen molar-refractivity contribution in [2.24, 2.45) is 0 Å². The summed E-state index contributed by atoms with van der Waals surface area (Å²) in [5, 5.41) is 3.10. The molecule has 1 aromatic carbocycles. The van der Waals surface area contributed by atoms with E-state index in [2.05, 4.69) is 10.3 Å². The number of nitrogens with one attached hydrogen (secondary N) is 1. The number of carbonyl (C=O) groups is 1. The first-order valence-corrected chi connectivity index (χ1v) is 6.85. The molecule has 0 atom stereocenters. The summed E-state index contributed by atoms with van der Waals surface area (Å²) in [6, 6.07) is 6.07. The van der Waals surface area contributed by atoms with Gasteiger partial charge in [0.2, 0.25) is 0 Å². The van der Waals surface area contributed by atoms with E-state index in [1.807, 2.05) is 23.7 Å². The molecule has 1 aromatic heterocycles. The molecule has 0 aliphatic heterocycles. The monoisotopic (exact) mass is 246 g/mol. The molecule has 2 aromatic rings. The van der Waals surface area contributed by atoms with E-state index in [1.54, 1.807) is 11.3 Å². The molecule has 1 fully saturated rings. The van der Waals surface area contributed by atoms with E-state index in [1.165, 1.54) is 12.8 Å². The normalized spacial score (nSPS) is 16.5. The second-order valence-corrected chi connectivity index (χ2v) is 5.38. The molecule has 1 saturated carbocycles. The first-order valence-electron chi connectivity index (χ1n) is 5.97. The zero-order valence-corrected chi connectivity index (χ0v) is 10.3. The van der Waals surface area contributed by atoms with Crippen LogP contribution >= 0.6 is 11.3 Å². The maximum Gasteiger partial charge on any atom is 0.251 e. The largest absolute Gasteiger partial charge is 0.349 e. The van der Waals surface area contributed by atoms with Gasteiger partial charge < -0.3 is 5.32 Å². The minimum Gasteiger partial charge on any atom is -0.349 e. The van der Waals surface area contributed by atoms with Crippen LogP contribution in [-0.2, 0) is 0 Å². The molecule has 0 spiro atoms. The van der Waals surface area contributed by atoms with Crippen molar-refractivity contribution in [1.29, 1.82) is 0 Å². The van der Waals surface area contributed by atoms with Gasteiger partial charge in [-0.1, -0.05) is 12.8 Å². The Morgan fingerprint density at radius 1 is 1.35 bits per heavy atom. The summed E-state index contributed by atoms with van der Waals surface area (Å²) in [6.45, 7) is 0. The Hall–Kier alpha value is -1.42. The Bertz CT molecular complexity index is 543. The van der Waals surface area contributed by atoms with Crippen LogP contribution in [0.15, 0.2) is 23.7 Å². The summed E-state index contributed by atoms with van der Waals surface area (Å²) in [7, 11) is 0. The van der Waals surface area contributed by atoms with E-state index in [0.29, 0.717) is 6.04 Å². The lowest BCUT2D eigenvalue weighted by atomic mass is 10.1. The van der Waals surface area contributed by atoms with Gasteiger partial charge in [-0.2, -0.15) is 0 Å². The van der Waals surface area contributed by atoms with E-state index >= 15 is 0 Å². The van der Waals surface area contributed by atoms with E-state index in [0.717, 1.165) is 28.6 Å². The van der Waals surface area contributed by atoms with Gasteiger partial charge in [-0.25, -0.2) is 4.98 Å². The molecular weight excluding hydrogens is 232 g/mol. The molecule has 88 valence electrons. The third kappa shape index (κ3) is 2.17. The summed E-state index contributed by atoms with van der Waals surface area (Å²) < 4.78 is 1.07. The molecule has 3 nitrogen and oxygen atoms in total. The number of thiazole rings is 1. The van der Waals surface area contributed by atoms with Crippen molar-refractivity contribution in [3.8, 4) is 0 Å². The van der Waals surface area contributed by atoms with Crippen LogP contribution in [0.2, 0.25) is 0 Å². The fourth-order valence-corrected chi connectivity index (χ4v) is 3.05. The average Bonchev–Trinajstić information content (AvgIpc) is 2.97. The Labute approximate surface area is 104 Å². The third-order valence-corrected chi connectivity index (χ3v) is 4.08.